The summed E-state index contributed by atoms with van der Waals surface area (Å²) in [6, 6.07) is 0. The van der Waals surface area contributed by atoms with Crippen LogP contribution < -0.4 is 0 Å². The van der Waals surface area contributed by atoms with Gasteiger partial charge in [-0.05, 0) is 51.4 Å². The van der Waals surface area contributed by atoms with Crippen molar-refractivity contribution in [3.63, 3.8) is 0 Å². The molecular weight excluding hydrogens is 520 g/mol. The largest absolute Gasteiger partial charge is 0.481 e. The SMILES string of the molecule is N=NC1(CC(=O)O)CCC(CC(=O)O)(N=N)CCC(N=N)(C(CO)C(O)CO)CCC(CC(=O)O)(N=N)CC1. The molecule has 1 aliphatic carbocycles. The standard InChI is InChI=1S/C22H38N8O9/c23-27-19(9-16(34)35)1-3-20(28-24,10-17(36)37)5-7-22(30-26,14(12-31)15(33)13-32)8-6-21(29-25,4-2-19)11-18(38)39/h14-15,23-26,31-33H,1-13H2,(H,34,35)(H,36,37)(H,38,39). The highest BCUT2D eigenvalue weighted by Gasteiger charge is 2.49. The summed E-state index contributed by atoms with van der Waals surface area (Å²) in [5.74, 6) is -5.20. The highest BCUT2D eigenvalue weighted by Crippen LogP contribution is 2.45. The Kier molecular flexibility index (Phi) is 12.3. The van der Waals surface area contributed by atoms with Crippen molar-refractivity contribution in [2.45, 2.75) is 98.9 Å². The number of hydrogen-bond acceptors (Lipinski definition) is 14. The van der Waals surface area contributed by atoms with Crippen molar-refractivity contribution >= 4 is 17.9 Å². The molecule has 0 bridgehead atoms. The molecule has 0 aromatic rings. The van der Waals surface area contributed by atoms with Crippen molar-refractivity contribution in [3.8, 4) is 0 Å². The van der Waals surface area contributed by atoms with Crippen LogP contribution in [-0.4, -0.2) is 90.0 Å². The van der Waals surface area contributed by atoms with E-state index in [9.17, 15) is 45.0 Å². The second-order valence-electron chi connectivity index (χ2n) is 10.5. The molecule has 10 N–H and O–H groups in total. The minimum atomic E-state index is -1.68. The molecule has 17 heteroatoms. The van der Waals surface area contributed by atoms with E-state index in [0.29, 0.717) is 0 Å². The number of hydrogen-bond donors (Lipinski definition) is 10. The fourth-order valence-electron chi connectivity index (χ4n) is 5.50. The molecule has 0 radical (unpaired) electrons. The normalized spacial score (nSPS) is 31.9. The molecule has 0 amide bonds. The topological polar surface area (TPSA) is 317 Å². The molecule has 17 nitrogen and oxygen atoms in total. The molecule has 0 saturated heterocycles. The maximum atomic E-state index is 11.8. The van der Waals surface area contributed by atoms with Crippen molar-refractivity contribution in [2.75, 3.05) is 13.2 Å². The van der Waals surface area contributed by atoms with E-state index in [0.717, 1.165) is 0 Å². The van der Waals surface area contributed by atoms with Crippen LogP contribution in [0.2, 0.25) is 0 Å². The van der Waals surface area contributed by atoms with Gasteiger partial charge in [-0.2, -0.15) is 20.5 Å². The quantitative estimate of drug-likeness (QED) is 0.140. The molecule has 1 fully saturated rings. The lowest BCUT2D eigenvalue weighted by molar-refractivity contribution is -0.140. The summed E-state index contributed by atoms with van der Waals surface area (Å²) in [5.41, 5.74) is 24.9. The Bertz CT molecular complexity index is 891. The van der Waals surface area contributed by atoms with E-state index in [1.54, 1.807) is 0 Å². The van der Waals surface area contributed by atoms with E-state index in [1.807, 2.05) is 0 Å². The number of aliphatic carboxylic acids is 3. The maximum absolute atomic E-state index is 11.8. The van der Waals surface area contributed by atoms with E-state index < -0.39 is 84.6 Å². The minimum Gasteiger partial charge on any atom is -0.481 e. The summed E-state index contributed by atoms with van der Waals surface area (Å²) in [5, 5.41) is 73.2. The summed E-state index contributed by atoms with van der Waals surface area (Å²) in [6.45, 7) is -1.56. The van der Waals surface area contributed by atoms with Crippen molar-refractivity contribution < 1.29 is 45.0 Å². The first kappa shape index (κ1) is 33.7. The first-order chi connectivity index (χ1) is 18.3. The molecular formula is C22H38N8O9. The Morgan fingerprint density at radius 1 is 0.590 bits per heavy atom. The molecule has 1 rings (SSSR count). The van der Waals surface area contributed by atoms with Gasteiger partial charge in [-0.25, -0.2) is 22.1 Å². The molecule has 0 heterocycles. The number of nitrogens with one attached hydrogen (secondary N) is 4. The third-order valence-corrected chi connectivity index (χ3v) is 8.07. The lowest BCUT2D eigenvalue weighted by Crippen LogP contribution is -2.49. The van der Waals surface area contributed by atoms with Crippen LogP contribution >= 0.6 is 0 Å². The zero-order valence-corrected chi connectivity index (χ0v) is 21.5. The van der Waals surface area contributed by atoms with Crippen molar-refractivity contribution in [1.29, 1.82) is 22.1 Å². The molecule has 0 aliphatic heterocycles. The second kappa shape index (κ2) is 14.2. The summed E-state index contributed by atoms with van der Waals surface area (Å²) in [7, 11) is 0. The Morgan fingerprint density at radius 2 is 0.897 bits per heavy atom. The minimum absolute atomic E-state index is 0.215. The summed E-state index contributed by atoms with van der Waals surface area (Å²) < 4.78 is 0. The lowest BCUT2D eigenvalue weighted by atomic mass is 9.67. The zero-order valence-electron chi connectivity index (χ0n) is 21.5. The fraction of sp³-hybridized carbons (Fsp3) is 0.864. The number of carboxylic acids is 3. The van der Waals surface area contributed by atoms with Gasteiger partial charge in [0.2, 0.25) is 0 Å². The van der Waals surface area contributed by atoms with Crippen molar-refractivity contribution in [3.05, 3.63) is 0 Å². The molecule has 4 unspecified atom stereocenters. The lowest BCUT2D eigenvalue weighted by Gasteiger charge is -2.43. The van der Waals surface area contributed by atoms with Crippen LogP contribution in [0.4, 0.5) is 0 Å². The highest BCUT2D eigenvalue weighted by atomic mass is 16.4. The number of carbonyl (C=O) groups is 3. The second-order valence-corrected chi connectivity index (χ2v) is 10.5. The van der Waals surface area contributed by atoms with Gasteiger partial charge in [0.25, 0.3) is 0 Å². The monoisotopic (exact) mass is 558 g/mol. The fourth-order valence-corrected chi connectivity index (χ4v) is 5.50. The van der Waals surface area contributed by atoms with Gasteiger partial charge in [0.05, 0.1) is 60.7 Å². The van der Waals surface area contributed by atoms with E-state index in [2.05, 4.69) is 20.5 Å². The van der Waals surface area contributed by atoms with E-state index in [-0.39, 0.29) is 51.4 Å². The van der Waals surface area contributed by atoms with Crippen LogP contribution in [0.3, 0.4) is 0 Å². The molecule has 1 aliphatic rings. The smallest absolute Gasteiger partial charge is 0.305 e. The Balaban J connectivity index is 3.82. The number of aliphatic hydroxyl groups excluding tert-OH is 3. The van der Waals surface area contributed by atoms with Gasteiger partial charge < -0.3 is 30.6 Å². The van der Waals surface area contributed by atoms with Crippen LogP contribution in [0.15, 0.2) is 20.5 Å². The highest BCUT2D eigenvalue weighted by molar-refractivity contribution is 5.69. The maximum Gasteiger partial charge on any atom is 0.305 e. The Labute approximate surface area is 224 Å². The Morgan fingerprint density at radius 3 is 1.10 bits per heavy atom. The van der Waals surface area contributed by atoms with Gasteiger partial charge in [0.1, 0.15) is 0 Å². The average molecular weight is 559 g/mol. The number of rotatable bonds is 14. The van der Waals surface area contributed by atoms with Gasteiger partial charge in [0.15, 0.2) is 0 Å². The molecule has 4 atom stereocenters. The van der Waals surface area contributed by atoms with Crippen LogP contribution in [0.25, 0.3) is 0 Å². The van der Waals surface area contributed by atoms with Gasteiger partial charge in [0, 0.05) is 5.92 Å². The van der Waals surface area contributed by atoms with Crippen LogP contribution in [0, 0.1) is 28.0 Å². The van der Waals surface area contributed by atoms with Gasteiger partial charge in [-0.1, -0.05) is 0 Å². The van der Waals surface area contributed by atoms with Crippen molar-refractivity contribution in [2.24, 2.45) is 26.4 Å². The zero-order chi connectivity index (χ0) is 29.9. The third-order valence-electron chi connectivity index (χ3n) is 8.07. The molecule has 220 valence electrons. The van der Waals surface area contributed by atoms with E-state index >= 15 is 0 Å². The molecule has 0 spiro atoms. The summed E-state index contributed by atoms with van der Waals surface area (Å²) >= 11 is 0. The first-order valence-electron chi connectivity index (χ1n) is 12.4. The van der Waals surface area contributed by atoms with Gasteiger partial charge in [-0.15, -0.1) is 0 Å². The number of nitrogens with zero attached hydrogens (tertiary/aromatic N) is 4. The molecule has 1 saturated carbocycles. The predicted octanol–water partition coefficient (Wildman–Crippen LogP) is 2.59. The molecule has 0 aromatic carbocycles. The summed E-state index contributed by atoms with van der Waals surface area (Å²) in [4.78, 5) is 35.2. The third kappa shape index (κ3) is 8.59. The molecule has 39 heavy (non-hydrogen) atoms. The van der Waals surface area contributed by atoms with E-state index in [4.69, 9.17) is 22.1 Å². The van der Waals surface area contributed by atoms with Gasteiger partial charge >= 0.3 is 17.9 Å². The van der Waals surface area contributed by atoms with E-state index in [1.165, 1.54) is 0 Å². The summed E-state index contributed by atoms with van der Waals surface area (Å²) in [6.07, 6.45) is -5.35. The van der Waals surface area contributed by atoms with Gasteiger partial charge in [-0.3, -0.25) is 14.4 Å². The predicted molar refractivity (Wildman–Crippen MR) is 129 cm³/mol. The van der Waals surface area contributed by atoms with Crippen molar-refractivity contribution in [1.82, 2.24) is 0 Å². The first-order valence-corrected chi connectivity index (χ1v) is 12.4. The number of aliphatic hydroxyl groups is 3. The number of carboxylic acid groups (broad SMARTS) is 3. The van der Waals surface area contributed by atoms with Crippen LogP contribution in [0.5, 0.6) is 0 Å². The molecule has 0 aromatic heterocycles. The average Bonchev–Trinajstić information content (AvgIpc) is 2.89. The van der Waals surface area contributed by atoms with Crippen LogP contribution in [-0.2, 0) is 14.4 Å². The Hall–Kier alpha value is -3.31. The van der Waals surface area contributed by atoms with Crippen LogP contribution in [0.1, 0.15) is 70.6 Å².